The van der Waals surface area contributed by atoms with E-state index in [0.29, 0.717) is 0 Å². The van der Waals surface area contributed by atoms with Crippen molar-refractivity contribution in [3.05, 3.63) is 35.9 Å². The lowest BCUT2D eigenvalue weighted by molar-refractivity contribution is -0.144. The highest BCUT2D eigenvalue weighted by atomic mass is 35.5. The summed E-state index contributed by atoms with van der Waals surface area (Å²) in [5, 5.41) is 0. The molecule has 0 N–H and O–H groups in total. The number of halogens is 1. The summed E-state index contributed by atoms with van der Waals surface area (Å²) in [6, 6.07) is 0. The van der Waals surface area contributed by atoms with Crippen LogP contribution in [-0.2, 0) is 9.53 Å². The Hall–Kier alpha value is -1.02. The van der Waals surface area contributed by atoms with Crippen molar-refractivity contribution in [1.29, 1.82) is 0 Å². The first-order chi connectivity index (χ1) is 7.20. The number of hydrogen-bond donors (Lipinski definition) is 0. The molecule has 0 spiro atoms. The summed E-state index contributed by atoms with van der Waals surface area (Å²) in [5.74, 6) is -0.247. The third-order valence-electron chi connectivity index (χ3n) is 1.62. The lowest BCUT2D eigenvalue weighted by Gasteiger charge is -2.10. The molecule has 2 nitrogen and oxygen atoms in total. The largest absolute Gasteiger partial charge is 0.458 e. The monoisotopic (exact) mass is 228 g/mol. The van der Waals surface area contributed by atoms with Gasteiger partial charge in [-0.3, -0.25) is 4.79 Å². The Kier molecular flexibility index (Phi) is 8.88. The molecule has 1 unspecified atom stereocenters. The van der Waals surface area contributed by atoms with Crippen LogP contribution in [0.1, 0.15) is 26.7 Å². The Balaban J connectivity index is 4.08. The SMILES string of the molecule is CCCC(/C=C/C=C/C=C\Cl)OC(C)=O. The van der Waals surface area contributed by atoms with Gasteiger partial charge in [0.05, 0.1) is 0 Å². The molecule has 0 amide bonds. The van der Waals surface area contributed by atoms with Gasteiger partial charge in [0.1, 0.15) is 6.10 Å². The van der Waals surface area contributed by atoms with Crippen LogP contribution < -0.4 is 0 Å². The van der Waals surface area contributed by atoms with E-state index in [-0.39, 0.29) is 12.1 Å². The van der Waals surface area contributed by atoms with Gasteiger partial charge in [0.2, 0.25) is 0 Å². The first kappa shape index (κ1) is 14.0. The Morgan fingerprint density at radius 1 is 1.33 bits per heavy atom. The molecule has 0 saturated heterocycles. The highest BCUT2D eigenvalue weighted by Gasteiger charge is 2.05. The molecule has 0 bridgehead atoms. The minimum atomic E-state index is -0.247. The van der Waals surface area contributed by atoms with Crippen LogP contribution in [0, 0.1) is 0 Å². The number of allylic oxidation sites excluding steroid dienone is 4. The summed E-state index contributed by atoms with van der Waals surface area (Å²) in [6.45, 7) is 3.47. The quantitative estimate of drug-likeness (QED) is 0.513. The van der Waals surface area contributed by atoms with Crippen LogP contribution in [0.2, 0.25) is 0 Å². The number of carbonyl (C=O) groups excluding carboxylic acids is 1. The van der Waals surface area contributed by atoms with Gasteiger partial charge in [-0.05, 0) is 12.5 Å². The predicted octanol–water partition coefficient (Wildman–Crippen LogP) is 3.58. The van der Waals surface area contributed by atoms with Crippen molar-refractivity contribution in [3.63, 3.8) is 0 Å². The van der Waals surface area contributed by atoms with Crippen molar-refractivity contribution >= 4 is 17.6 Å². The van der Waals surface area contributed by atoms with E-state index in [1.54, 1.807) is 12.2 Å². The van der Waals surface area contributed by atoms with Crippen LogP contribution in [0.25, 0.3) is 0 Å². The van der Waals surface area contributed by atoms with Crippen molar-refractivity contribution in [2.24, 2.45) is 0 Å². The fraction of sp³-hybridized carbons (Fsp3) is 0.417. The molecule has 0 saturated carbocycles. The van der Waals surface area contributed by atoms with Crippen molar-refractivity contribution in [2.45, 2.75) is 32.8 Å². The van der Waals surface area contributed by atoms with Gasteiger partial charge in [-0.1, -0.05) is 49.2 Å². The Labute approximate surface area is 96.3 Å². The summed E-state index contributed by atoms with van der Waals surface area (Å²) < 4.78 is 5.09. The van der Waals surface area contributed by atoms with Crippen LogP contribution in [0.15, 0.2) is 35.9 Å². The maximum Gasteiger partial charge on any atom is 0.303 e. The Bertz CT molecular complexity index is 254. The maximum atomic E-state index is 10.8. The van der Waals surface area contributed by atoms with Gasteiger partial charge in [0.25, 0.3) is 0 Å². The molecule has 0 aliphatic carbocycles. The van der Waals surface area contributed by atoms with Gasteiger partial charge in [-0.25, -0.2) is 0 Å². The first-order valence-corrected chi connectivity index (χ1v) is 5.41. The zero-order chi connectivity index (χ0) is 11.5. The number of hydrogen-bond acceptors (Lipinski definition) is 2. The molecule has 0 aromatic rings. The molecule has 1 atom stereocenters. The van der Waals surface area contributed by atoms with Crippen molar-refractivity contribution in [1.82, 2.24) is 0 Å². The molecule has 0 rings (SSSR count). The molecule has 0 heterocycles. The van der Waals surface area contributed by atoms with E-state index in [1.807, 2.05) is 18.2 Å². The smallest absolute Gasteiger partial charge is 0.303 e. The van der Waals surface area contributed by atoms with Gasteiger partial charge >= 0.3 is 5.97 Å². The summed E-state index contributed by atoms with van der Waals surface area (Å²) in [5.41, 5.74) is 1.43. The average Bonchev–Trinajstić information content (AvgIpc) is 2.17. The van der Waals surface area contributed by atoms with Gasteiger partial charge in [-0.2, -0.15) is 0 Å². The minimum Gasteiger partial charge on any atom is -0.458 e. The van der Waals surface area contributed by atoms with E-state index in [2.05, 4.69) is 6.92 Å². The van der Waals surface area contributed by atoms with E-state index in [4.69, 9.17) is 16.3 Å². The summed E-state index contributed by atoms with van der Waals surface area (Å²) >= 11 is 5.34. The molecule has 0 aromatic heterocycles. The third kappa shape index (κ3) is 9.29. The second-order valence-corrected chi connectivity index (χ2v) is 3.28. The van der Waals surface area contributed by atoms with Crippen molar-refractivity contribution in [3.8, 4) is 0 Å². The fourth-order valence-electron chi connectivity index (χ4n) is 1.05. The van der Waals surface area contributed by atoms with Gasteiger partial charge in [0.15, 0.2) is 0 Å². The normalized spacial score (nSPS) is 14.1. The van der Waals surface area contributed by atoms with Crippen LogP contribution in [0.3, 0.4) is 0 Å². The Morgan fingerprint density at radius 3 is 2.53 bits per heavy atom. The molecule has 15 heavy (non-hydrogen) atoms. The lowest BCUT2D eigenvalue weighted by atomic mass is 10.2. The van der Waals surface area contributed by atoms with E-state index >= 15 is 0 Å². The second kappa shape index (κ2) is 9.53. The zero-order valence-electron chi connectivity index (χ0n) is 9.15. The molecule has 0 aromatic carbocycles. The van der Waals surface area contributed by atoms with Crippen molar-refractivity contribution in [2.75, 3.05) is 0 Å². The van der Waals surface area contributed by atoms with Crippen LogP contribution in [0.4, 0.5) is 0 Å². The second-order valence-electron chi connectivity index (χ2n) is 3.02. The highest BCUT2D eigenvalue weighted by molar-refractivity contribution is 6.25. The number of esters is 1. The van der Waals surface area contributed by atoms with E-state index < -0.39 is 0 Å². The predicted molar refractivity (Wildman–Crippen MR) is 63.7 cm³/mol. The maximum absolute atomic E-state index is 10.8. The zero-order valence-corrected chi connectivity index (χ0v) is 9.91. The molecular weight excluding hydrogens is 212 g/mol. The number of rotatable bonds is 6. The summed E-state index contributed by atoms with van der Waals surface area (Å²) in [4.78, 5) is 10.8. The lowest BCUT2D eigenvalue weighted by Crippen LogP contribution is -2.12. The molecule has 0 radical (unpaired) electrons. The van der Waals surface area contributed by atoms with E-state index in [9.17, 15) is 4.79 Å². The first-order valence-electron chi connectivity index (χ1n) is 4.98. The van der Waals surface area contributed by atoms with Crippen molar-refractivity contribution < 1.29 is 9.53 Å². The van der Waals surface area contributed by atoms with Crippen LogP contribution in [0.5, 0.6) is 0 Å². The molecule has 0 aliphatic rings. The molecule has 3 heteroatoms. The van der Waals surface area contributed by atoms with E-state index in [1.165, 1.54) is 12.5 Å². The topological polar surface area (TPSA) is 26.3 Å². The standard InChI is InChI=1S/C12H17ClO2/c1-3-8-12(15-11(2)14)9-6-4-5-7-10-13/h4-7,9-10,12H,3,8H2,1-2H3/b5-4+,9-6+,10-7-. The Morgan fingerprint density at radius 2 is 2.00 bits per heavy atom. The molecule has 84 valence electrons. The van der Waals surface area contributed by atoms with Gasteiger partial charge < -0.3 is 4.74 Å². The molecular formula is C12H17ClO2. The average molecular weight is 229 g/mol. The number of ether oxygens (including phenoxy) is 1. The fourth-order valence-corrected chi connectivity index (χ4v) is 1.13. The summed E-state index contributed by atoms with van der Waals surface area (Å²) in [6.07, 6.45) is 10.8. The molecule has 0 aliphatic heterocycles. The molecule has 0 fully saturated rings. The third-order valence-corrected chi connectivity index (χ3v) is 1.77. The van der Waals surface area contributed by atoms with Gasteiger partial charge in [0, 0.05) is 12.5 Å². The van der Waals surface area contributed by atoms with Crippen LogP contribution >= 0.6 is 11.6 Å². The minimum absolute atomic E-state index is 0.128. The summed E-state index contributed by atoms with van der Waals surface area (Å²) in [7, 11) is 0. The highest BCUT2D eigenvalue weighted by Crippen LogP contribution is 2.04. The van der Waals surface area contributed by atoms with Crippen LogP contribution in [-0.4, -0.2) is 12.1 Å². The van der Waals surface area contributed by atoms with Gasteiger partial charge in [-0.15, -0.1) is 0 Å². The van der Waals surface area contributed by atoms with E-state index in [0.717, 1.165) is 12.8 Å². The number of carbonyl (C=O) groups is 1.